The normalized spacial score (nSPS) is 11.4. The Morgan fingerprint density at radius 3 is 2.60 bits per heavy atom. The van der Waals surface area contributed by atoms with Crippen LogP contribution in [0.3, 0.4) is 0 Å². The van der Waals surface area contributed by atoms with Crippen molar-refractivity contribution in [1.29, 1.82) is 0 Å². The van der Waals surface area contributed by atoms with E-state index in [0.717, 1.165) is 11.9 Å². The van der Waals surface area contributed by atoms with Gasteiger partial charge in [0.2, 0.25) is 0 Å². The fraction of sp³-hybridized carbons (Fsp3) is 0.0909. The first kappa shape index (κ1) is 15.5. The molecule has 5 nitrogen and oxygen atoms in total. The summed E-state index contributed by atoms with van der Waals surface area (Å²) in [6, 6.07) is 4.87. The smallest absolute Gasteiger partial charge is 0.262 e. The highest BCUT2D eigenvalue weighted by molar-refractivity contribution is 9.10. The molecule has 0 saturated heterocycles. The van der Waals surface area contributed by atoms with Gasteiger partial charge in [-0.1, -0.05) is 29.3 Å². The lowest BCUT2D eigenvalue weighted by Crippen LogP contribution is -2.15. The molecule has 2 rings (SSSR count). The Morgan fingerprint density at radius 2 is 1.95 bits per heavy atom. The van der Waals surface area contributed by atoms with Crippen LogP contribution in [0, 0.1) is 6.92 Å². The number of aryl methyl sites for hydroxylation is 1. The number of benzene rings is 1. The number of rotatable bonds is 3. The minimum atomic E-state index is -3.83. The van der Waals surface area contributed by atoms with Crippen LogP contribution in [0.25, 0.3) is 0 Å². The van der Waals surface area contributed by atoms with Gasteiger partial charge in [-0.2, -0.15) is 0 Å². The Morgan fingerprint density at radius 1 is 1.25 bits per heavy atom. The first-order chi connectivity index (χ1) is 9.31. The molecule has 1 aromatic carbocycles. The average Bonchev–Trinajstić information content (AvgIpc) is 2.34. The van der Waals surface area contributed by atoms with Gasteiger partial charge < -0.3 is 0 Å². The van der Waals surface area contributed by atoms with Crippen LogP contribution >= 0.6 is 39.1 Å². The van der Waals surface area contributed by atoms with Crippen molar-refractivity contribution >= 4 is 55.0 Å². The van der Waals surface area contributed by atoms with Crippen molar-refractivity contribution in [3.63, 3.8) is 0 Å². The molecule has 0 atom stereocenters. The van der Waals surface area contributed by atoms with Gasteiger partial charge in [0.25, 0.3) is 10.0 Å². The monoisotopic (exact) mass is 395 g/mol. The van der Waals surface area contributed by atoms with E-state index in [-0.39, 0.29) is 20.9 Å². The van der Waals surface area contributed by atoms with E-state index in [1.807, 2.05) is 6.92 Å². The highest BCUT2D eigenvalue weighted by Crippen LogP contribution is 2.29. The zero-order valence-electron chi connectivity index (χ0n) is 10.1. The van der Waals surface area contributed by atoms with Gasteiger partial charge in [0.1, 0.15) is 16.2 Å². The molecule has 0 radical (unpaired) electrons. The first-order valence-electron chi connectivity index (χ1n) is 5.26. The van der Waals surface area contributed by atoms with E-state index in [1.165, 1.54) is 6.07 Å². The van der Waals surface area contributed by atoms with E-state index < -0.39 is 10.0 Å². The summed E-state index contributed by atoms with van der Waals surface area (Å²) in [4.78, 5) is 7.49. The van der Waals surface area contributed by atoms with Crippen molar-refractivity contribution in [2.24, 2.45) is 0 Å². The van der Waals surface area contributed by atoms with Crippen LogP contribution < -0.4 is 4.72 Å². The van der Waals surface area contributed by atoms with Crippen LogP contribution in [-0.4, -0.2) is 18.4 Å². The number of aromatic nitrogens is 2. The summed E-state index contributed by atoms with van der Waals surface area (Å²) >= 11 is 14.8. The molecule has 20 heavy (non-hydrogen) atoms. The summed E-state index contributed by atoms with van der Waals surface area (Å²) < 4.78 is 27.3. The molecule has 106 valence electrons. The Kier molecular flexibility index (Phi) is 4.53. The standard InChI is InChI=1S/C11H8BrCl2N3O2S/c1-6-2-3-8(7(12)4-6)20(18,19)17-11-9(13)10(14)15-5-16-11/h2-5H,1H3,(H,15,16,17). The van der Waals surface area contributed by atoms with Crippen LogP contribution in [0.15, 0.2) is 33.9 Å². The maximum absolute atomic E-state index is 12.3. The number of anilines is 1. The van der Waals surface area contributed by atoms with E-state index >= 15 is 0 Å². The van der Waals surface area contributed by atoms with Gasteiger partial charge in [-0.3, -0.25) is 4.72 Å². The minimum Gasteiger partial charge on any atom is -0.262 e. The predicted molar refractivity (Wildman–Crippen MR) is 81.7 cm³/mol. The number of nitrogens with zero attached hydrogens (tertiary/aromatic N) is 2. The highest BCUT2D eigenvalue weighted by atomic mass is 79.9. The average molecular weight is 397 g/mol. The van der Waals surface area contributed by atoms with Gasteiger partial charge in [0.05, 0.1) is 0 Å². The van der Waals surface area contributed by atoms with Crippen LogP contribution in [0.5, 0.6) is 0 Å². The van der Waals surface area contributed by atoms with Gasteiger partial charge in [0, 0.05) is 4.47 Å². The third kappa shape index (κ3) is 3.22. The maximum atomic E-state index is 12.3. The van der Waals surface area contributed by atoms with Crippen LogP contribution in [-0.2, 0) is 10.0 Å². The molecule has 0 aliphatic heterocycles. The fourth-order valence-corrected chi connectivity index (χ4v) is 3.97. The van der Waals surface area contributed by atoms with Crippen molar-refractivity contribution in [3.8, 4) is 0 Å². The maximum Gasteiger partial charge on any atom is 0.264 e. The number of sulfonamides is 1. The summed E-state index contributed by atoms with van der Waals surface area (Å²) in [6.07, 6.45) is 1.12. The Labute approximate surface area is 134 Å². The topological polar surface area (TPSA) is 72.0 Å². The molecular formula is C11H8BrCl2N3O2S. The SMILES string of the molecule is Cc1ccc(S(=O)(=O)Nc2ncnc(Cl)c2Cl)c(Br)c1. The molecule has 1 aromatic heterocycles. The first-order valence-corrected chi connectivity index (χ1v) is 8.29. The van der Waals surface area contributed by atoms with E-state index in [4.69, 9.17) is 23.2 Å². The minimum absolute atomic E-state index is 0.0256. The molecule has 0 aliphatic carbocycles. The van der Waals surface area contributed by atoms with Crippen molar-refractivity contribution in [1.82, 2.24) is 9.97 Å². The number of hydrogen-bond donors (Lipinski definition) is 1. The number of halogens is 3. The van der Waals surface area contributed by atoms with Gasteiger partial charge in [-0.25, -0.2) is 18.4 Å². The van der Waals surface area contributed by atoms with Crippen molar-refractivity contribution in [3.05, 3.63) is 44.7 Å². The van der Waals surface area contributed by atoms with E-state index in [0.29, 0.717) is 4.47 Å². The van der Waals surface area contributed by atoms with Crippen molar-refractivity contribution < 1.29 is 8.42 Å². The van der Waals surface area contributed by atoms with Gasteiger partial charge in [-0.15, -0.1) is 0 Å². The zero-order chi connectivity index (χ0) is 14.9. The summed E-state index contributed by atoms with van der Waals surface area (Å²) in [5.41, 5.74) is 0.930. The zero-order valence-corrected chi connectivity index (χ0v) is 14.0. The highest BCUT2D eigenvalue weighted by Gasteiger charge is 2.20. The van der Waals surface area contributed by atoms with Crippen LogP contribution in [0.1, 0.15) is 5.56 Å². The summed E-state index contributed by atoms with van der Waals surface area (Å²) in [5, 5.41) is -0.0803. The van der Waals surface area contributed by atoms with Crippen LogP contribution in [0.4, 0.5) is 5.82 Å². The van der Waals surface area contributed by atoms with Gasteiger partial charge in [-0.05, 0) is 40.5 Å². The third-order valence-electron chi connectivity index (χ3n) is 2.35. The molecule has 1 N–H and O–H groups in total. The lowest BCUT2D eigenvalue weighted by molar-refractivity contribution is 0.600. The molecule has 0 bridgehead atoms. The molecule has 0 unspecified atom stereocenters. The molecule has 0 fully saturated rings. The lowest BCUT2D eigenvalue weighted by atomic mass is 10.2. The Bertz CT molecular complexity index is 768. The largest absolute Gasteiger partial charge is 0.264 e. The Hall–Kier alpha value is -0.890. The quantitative estimate of drug-likeness (QED) is 0.803. The van der Waals surface area contributed by atoms with Gasteiger partial charge >= 0.3 is 0 Å². The molecule has 1 heterocycles. The van der Waals surface area contributed by atoms with E-state index in [1.54, 1.807) is 12.1 Å². The molecular weight excluding hydrogens is 389 g/mol. The third-order valence-corrected chi connectivity index (χ3v) is 5.41. The van der Waals surface area contributed by atoms with Crippen molar-refractivity contribution in [2.75, 3.05) is 4.72 Å². The molecule has 0 amide bonds. The second-order valence-corrected chi connectivity index (χ2v) is 7.11. The molecule has 9 heteroatoms. The molecule has 2 aromatic rings. The predicted octanol–water partition coefficient (Wildman–Crippen LogP) is 3.66. The number of hydrogen-bond acceptors (Lipinski definition) is 4. The van der Waals surface area contributed by atoms with E-state index in [2.05, 4.69) is 30.6 Å². The lowest BCUT2D eigenvalue weighted by Gasteiger charge is -2.10. The summed E-state index contributed by atoms with van der Waals surface area (Å²) in [6.45, 7) is 1.86. The van der Waals surface area contributed by atoms with E-state index in [9.17, 15) is 8.42 Å². The molecule has 0 aliphatic rings. The molecule has 0 spiro atoms. The second-order valence-electron chi connectivity index (χ2n) is 3.87. The van der Waals surface area contributed by atoms with Gasteiger partial charge in [0.15, 0.2) is 11.0 Å². The molecule has 0 saturated carbocycles. The summed E-state index contributed by atoms with van der Waals surface area (Å²) in [7, 11) is -3.83. The van der Waals surface area contributed by atoms with Crippen molar-refractivity contribution in [2.45, 2.75) is 11.8 Å². The second kappa shape index (κ2) is 5.85. The van der Waals surface area contributed by atoms with Crippen LogP contribution in [0.2, 0.25) is 10.2 Å². The fourth-order valence-electron chi connectivity index (χ4n) is 1.43. The number of nitrogens with one attached hydrogen (secondary N) is 1. The Balaban J connectivity index is 2.44. The summed E-state index contributed by atoms with van der Waals surface area (Å²) in [5.74, 6) is -0.0702.